The summed E-state index contributed by atoms with van der Waals surface area (Å²) in [6.45, 7) is 8.15. The molecule has 2 amide bonds. The molecule has 7 nitrogen and oxygen atoms in total. The highest BCUT2D eigenvalue weighted by molar-refractivity contribution is 6.01. The fourth-order valence-electron chi connectivity index (χ4n) is 12.1. The fraction of sp³-hybridized carbons (Fsp3) is 0.659. The summed E-state index contributed by atoms with van der Waals surface area (Å²) in [5, 5.41) is 25.1. The summed E-state index contributed by atoms with van der Waals surface area (Å²) < 4.78 is 0. The summed E-state index contributed by atoms with van der Waals surface area (Å²) in [5.74, 6) is 5.01. The number of hydrogen-bond acceptors (Lipinski definition) is 5. The second kappa shape index (κ2) is 11.9. The van der Waals surface area contributed by atoms with Gasteiger partial charge in [-0.3, -0.25) is 14.5 Å². The van der Waals surface area contributed by atoms with Crippen molar-refractivity contribution in [3.8, 4) is 12.3 Å². The first-order chi connectivity index (χ1) is 23.1. The van der Waals surface area contributed by atoms with Gasteiger partial charge in [-0.05, 0) is 116 Å². The van der Waals surface area contributed by atoms with Gasteiger partial charge in [0.05, 0.1) is 6.10 Å². The fourth-order valence-corrected chi connectivity index (χ4v) is 12.1. The van der Waals surface area contributed by atoms with Crippen LogP contribution in [0.3, 0.4) is 0 Å². The van der Waals surface area contributed by atoms with E-state index in [1.54, 1.807) is 4.90 Å². The number of rotatable bonds is 3. The molecule has 6 fully saturated rings. The number of amides is 2. The number of terminal acetylenes is 1. The number of carbonyl (C=O) groups excluding carboxylic acids is 2. The number of likely N-dealkylation sites (tertiary alicyclic amines) is 1. The molecule has 7 heteroatoms. The molecule has 6 aliphatic rings. The molecular formula is C41H53N3O4. The average Bonchev–Trinajstić information content (AvgIpc) is 3.70. The van der Waals surface area contributed by atoms with E-state index in [-0.39, 0.29) is 34.8 Å². The lowest BCUT2D eigenvalue weighted by molar-refractivity contribution is -0.163. The van der Waals surface area contributed by atoms with E-state index in [1.807, 2.05) is 47.4 Å². The number of benzene rings is 2. The monoisotopic (exact) mass is 651 g/mol. The Morgan fingerprint density at radius 2 is 1.65 bits per heavy atom. The van der Waals surface area contributed by atoms with Gasteiger partial charge in [0.25, 0.3) is 5.91 Å². The third-order valence-electron chi connectivity index (χ3n) is 15.0. The molecule has 4 aliphatic carbocycles. The van der Waals surface area contributed by atoms with Crippen LogP contribution < -0.4 is 0 Å². The average molecular weight is 652 g/mol. The van der Waals surface area contributed by atoms with Crippen molar-refractivity contribution in [1.29, 1.82) is 0 Å². The lowest BCUT2D eigenvalue weighted by atomic mass is 9.44. The molecule has 2 N–H and O–H groups in total. The lowest BCUT2D eigenvalue weighted by Gasteiger charge is -2.63. The molecule has 10 atom stereocenters. The predicted molar refractivity (Wildman–Crippen MR) is 187 cm³/mol. The third-order valence-corrected chi connectivity index (χ3v) is 15.0. The number of hydrogen-bond donors (Lipinski definition) is 2. The summed E-state index contributed by atoms with van der Waals surface area (Å²) in [6.07, 6.45) is 15.1. The molecule has 0 aromatic heterocycles. The Morgan fingerprint density at radius 3 is 2.42 bits per heavy atom. The van der Waals surface area contributed by atoms with Gasteiger partial charge in [0.1, 0.15) is 11.6 Å². The zero-order valence-corrected chi connectivity index (χ0v) is 28.8. The van der Waals surface area contributed by atoms with Crippen LogP contribution in [0.1, 0.15) is 88.4 Å². The first-order valence-corrected chi connectivity index (χ1v) is 18.8. The van der Waals surface area contributed by atoms with Crippen LogP contribution in [0.25, 0.3) is 10.8 Å². The van der Waals surface area contributed by atoms with Gasteiger partial charge < -0.3 is 20.0 Å². The van der Waals surface area contributed by atoms with Crippen molar-refractivity contribution in [1.82, 2.24) is 14.7 Å². The van der Waals surface area contributed by atoms with Crippen molar-refractivity contribution in [2.75, 3.05) is 32.7 Å². The molecule has 2 saturated heterocycles. The summed E-state index contributed by atoms with van der Waals surface area (Å²) in [7, 11) is 0. The van der Waals surface area contributed by atoms with E-state index in [2.05, 4.69) is 24.7 Å². The van der Waals surface area contributed by atoms with Crippen molar-refractivity contribution in [3.05, 3.63) is 48.0 Å². The topological polar surface area (TPSA) is 84.3 Å². The Hall–Kier alpha value is -2.92. The van der Waals surface area contributed by atoms with Gasteiger partial charge in [0, 0.05) is 49.7 Å². The Labute approximate surface area is 286 Å². The minimum Gasteiger partial charge on any atom is -0.391 e. The Bertz CT molecular complexity index is 1630. The second-order valence-corrected chi connectivity index (χ2v) is 16.8. The number of aliphatic hydroxyl groups excluding tert-OH is 1. The summed E-state index contributed by atoms with van der Waals surface area (Å²) in [4.78, 5) is 33.8. The Morgan fingerprint density at radius 1 is 0.896 bits per heavy atom. The van der Waals surface area contributed by atoms with Crippen LogP contribution in [-0.4, -0.2) is 93.2 Å². The molecule has 0 radical (unpaired) electrons. The van der Waals surface area contributed by atoms with Gasteiger partial charge in [-0.1, -0.05) is 50.1 Å². The van der Waals surface area contributed by atoms with E-state index in [4.69, 9.17) is 6.42 Å². The third kappa shape index (κ3) is 4.88. The quantitative estimate of drug-likeness (QED) is 0.439. The molecule has 2 aliphatic heterocycles. The Balaban J connectivity index is 0.925. The highest BCUT2D eigenvalue weighted by Gasteiger charge is 2.65. The van der Waals surface area contributed by atoms with Crippen LogP contribution in [0.5, 0.6) is 0 Å². The van der Waals surface area contributed by atoms with E-state index in [0.29, 0.717) is 61.7 Å². The first-order valence-electron chi connectivity index (χ1n) is 18.8. The molecule has 0 bridgehead atoms. The van der Waals surface area contributed by atoms with E-state index in [0.717, 1.165) is 68.8 Å². The molecule has 0 spiro atoms. The number of fused-ring (bicyclic) bond motifs is 6. The van der Waals surface area contributed by atoms with Crippen LogP contribution in [0.15, 0.2) is 42.5 Å². The van der Waals surface area contributed by atoms with Crippen molar-refractivity contribution in [3.63, 3.8) is 0 Å². The molecule has 3 unspecified atom stereocenters. The zero-order chi connectivity index (χ0) is 33.4. The van der Waals surface area contributed by atoms with E-state index in [1.165, 1.54) is 6.42 Å². The molecule has 2 aromatic carbocycles. The molecule has 4 saturated carbocycles. The second-order valence-electron chi connectivity index (χ2n) is 16.8. The normalized spacial score (nSPS) is 41.4. The van der Waals surface area contributed by atoms with Gasteiger partial charge in [0.15, 0.2) is 0 Å². The highest BCUT2D eigenvalue weighted by atomic mass is 16.3. The van der Waals surface area contributed by atoms with E-state index < -0.39 is 11.6 Å². The van der Waals surface area contributed by atoms with Gasteiger partial charge in [-0.25, -0.2) is 0 Å². The number of nitrogens with zero attached hydrogens (tertiary/aromatic N) is 3. The van der Waals surface area contributed by atoms with Crippen molar-refractivity contribution in [2.45, 2.75) is 102 Å². The minimum absolute atomic E-state index is 0.0567. The molecule has 8 rings (SSSR count). The van der Waals surface area contributed by atoms with Crippen LogP contribution in [-0.2, 0) is 4.79 Å². The molecule has 48 heavy (non-hydrogen) atoms. The summed E-state index contributed by atoms with van der Waals surface area (Å²) >= 11 is 0. The van der Waals surface area contributed by atoms with Gasteiger partial charge in [0.2, 0.25) is 5.91 Å². The number of carbonyl (C=O) groups is 2. The number of piperazine rings is 1. The maximum atomic E-state index is 13.9. The zero-order valence-electron chi connectivity index (χ0n) is 28.8. The Kier molecular flexibility index (Phi) is 7.97. The molecule has 256 valence electrons. The lowest BCUT2D eigenvalue weighted by Crippen LogP contribution is -2.63. The molecular weight excluding hydrogens is 598 g/mol. The molecule has 2 aromatic rings. The van der Waals surface area contributed by atoms with E-state index >= 15 is 0 Å². The predicted octanol–water partition coefficient (Wildman–Crippen LogP) is 5.34. The van der Waals surface area contributed by atoms with Crippen LogP contribution in [0, 0.1) is 46.8 Å². The summed E-state index contributed by atoms with van der Waals surface area (Å²) in [6, 6.07) is 13.6. The first kappa shape index (κ1) is 32.3. The van der Waals surface area contributed by atoms with Crippen molar-refractivity contribution in [2.24, 2.45) is 34.5 Å². The maximum absolute atomic E-state index is 13.9. The largest absolute Gasteiger partial charge is 0.391 e. The maximum Gasteiger partial charge on any atom is 0.254 e. The molecule has 2 heterocycles. The van der Waals surface area contributed by atoms with Crippen molar-refractivity contribution >= 4 is 22.6 Å². The highest BCUT2D eigenvalue weighted by Crippen LogP contribution is 2.68. The summed E-state index contributed by atoms with van der Waals surface area (Å²) in [5.41, 5.74) is -0.381. The van der Waals surface area contributed by atoms with Gasteiger partial charge in [-0.2, -0.15) is 0 Å². The SMILES string of the molecule is C#C[C@@]1(O)CC[C@H]2[C@@H]3CCC4CC(O)C(N5CCN(C(=O)[C@@H]6CCCN6C(=O)c6ccc7ccccc7c6)CC5)C[C@]4(C)[C@H]3CC[C@@]21C. The van der Waals surface area contributed by atoms with Crippen LogP contribution in [0.2, 0.25) is 0 Å². The van der Waals surface area contributed by atoms with Crippen LogP contribution in [0.4, 0.5) is 0 Å². The number of aliphatic hydroxyl groups is 2. The van der Waals surface area contributed by atoms with Gasteiger partial charge in [-0.15, -0.1) is 6.42 Å². The van der Waals surface area contributed by atoms with Gasteiger partial charge >= 0.3 is 0 Å². The van der Waals surface area contributed by atoms with Crippen LogP contribution >= 0.6 is 0 Å². The minimum atomic E-state index is -0.984. The van der Waals surface area contributed by atoms with Crippen molar-refractivity contribution < 1.29 is 19.8 Å². The van der Waals surface area contributed by atoms with E-state index in [9.17, 15) is 19.8 Å². The smallest absolute Gasteiger partial charge is 0.254 e. The standard InChI is InChI=1S/C41H53N3O4/c1-4-41(48)18-16-33-31-14-13-30-25-36(45)35(26-39(30,2)32(31)15-17-40(33,41)3)42-20-22-43(23-21-42)38(47)34-10-7-19-44(34)37(46)29-12-11-27-8-5-6-9-28(27)24-29/h1,5-6,8-9,11-12,24,30-36,45,48H,7,10,13-23,25-26H2,2-3H3/t30?,31-,32+,33+,34+,35?,36?,39+,40+,41-/m1/s1.